The molecule has 3 unspecified atom stereocenters. The van der Waals surface area contributed by atoms with Gasteiger partial charge in [-0.05, 0) is 17.9 Å². The van der Waals surface area contributed by atoms with Crippen LogP contribution in [0.3, 0.4) is 0 Å². The predicted octanol–water partition coefficient (Wildman–Crippen LogP) is 2.68. The van der Waals surface area contributed by atoms with Crippen LogP contribution in [0.2, 0.25) is 0 Å². The summed E-state index contributed by atoms with van der Waals surface area (Å²) in [4.78, 5) is 0. The molecule has 2 heteroatoms. The highest BCUT2D eigenvalue weighted by molar-refractivity contribution is 5.26. The van der Waals surface area contributed by atoms with E-state index in [4.69, 9.17) is 9.47 Å². The SMILES string of the molecule is C=C1COC(C2CC2c2ccccc2)O1. The van der Waals surface area contributed by atoms with E-state index in [0.29, 0.717) is 18.4 Å². The van der Waals surface area contributed by atoms with Gasteiger partial charge in [0.1, 0.15) is 12.4 Å². The zero-order chi connectivity index (χ0) is 10.3. The molecule has 0 radical (unpaired) electrons. The van der Waals surface area contributed by atoms with E-state index >= 15 is 0 Å². The van der Waals surface area contributed by atoms with Crippen LogP contribution in [0.4, 0.5) is 0 Å². The zero-order valence-electron chi connectivity index (χ0n) is 8.56. The summed E-state index contributed by atoms with van der Waals surface area (Å²) in [5.74, 6) is 1.90. The third-order valence-electron chi connectivity index (χ3n) is 3.11. The van der Waals surface area contributed by atoms with Gasteiger partial charge in [-0.1, -0.05) is 36.9 Å². The summed E-state index contributed by atoms with van der Waals surface area (Å²) in [5, 5.41) is 0. The molecule has 1 aromatic carbocycles. The van der Waals surface area contributed by atoms with E-state index < -0.39 is 0 Å². The monoisotopic (exact) mass is 202 g/mol. The van der Waals surface area contributed by atoms with Crippen molar-refractivity contribution in [2.24, 2.45) is 5.92 Å². The summed E-state index contributed by atoms with van der Waals surface area (Å²) < 4.78 is 11.0. The molecule has 78 valence electrons. The van der Waals surface area contributed by atoms with Gasteiger partial charge in [-0.25, -0.2) is 0 Å². The van der Waals surface area contributed by atoms with E-state index in [1.165, 1.54) is 12.0 Å². The van der Waals surface area contributed by atoms with Crippen LogP contribution in [0.5, 0.6) is 0 Å². The average molecular weight is 202 g/mol. The molecular formula is C13H14O2. The quantitative estimate of drug-likeness (QED) is 0.734. The van der Waals surface area contributed by atoms with E-state index in [9.17, 15) is 0 Å². The smallest absolute Gasteiger partial charge is 0.203 e. The lowest BCUT2D eigenvalue weighted by atomic mass is 10.1. The fraction of sp³-hybridized carbons (Fsp3) is 0.385. The Morgan fingerprint density at radius 2 is 2.00 bits per heavy atom. The van der Waals surface area contributed by atoms with Crippen LogP contribution in [0.1, 0.15) is 17.9 Å². The molecule has 3 atom stereocenters. The molecule has 1 aliphatic carbocycles. The molecule has 15 heavy (non-hydrogen) atoms. The Hall–Kier alpha value is -1.28. The minimum Gasteiger partial charge on any atom is -0.467 e. The first-order chi connectivity index (χ1) is 7.34. The first-order valence-electron chi connectivity index (χ1n) is 5.35. The second-order valence-electron chi connectivity index (χ2n) is 4.25. The Balaban J connectivity index is 1.67. The normalized spacial score (nSPS) is 33.9. The molecular weight excluding hydrogens is 188 g/mol. The minimum atomic E-state index is -0.0530. The number of benzene rings is 1. The van der Waals surface area contributed by atoms with E-state index in [0.717, 1.165) is 5.76 Å². The number of rotatable bonds is 2. The van der Waals surface area contributed by atoms with Crippen molar-refractivity contribution in [3.05, 3.63) is 48.2 Å². The molecule has 1 aliphatic heterocycles. The average Bonchev–Trinajstić information content (AvgIpc) is 2.96. The summed E-state index contributed by atoms with van der Waals surface area (Å²) >= 11 is 0. The molecule has 0 spiro atoms. The van der Waals surface area contributed by atoms with Gasteiger partial charge in [-0.15, -0.1) is 0 Å². The van der Waals surface area contributed by atoms with Crippen LogP contribution in [0, 0.1) is 5.92 Å². The molecule has 3 rings (SSSR count). The molecule has 0 amide bonds. The molecule has 2 nitrogen and oxygen atoms in total. The maximum absolute atomic E-state index is 5.52. The largest absolute Gasteiger partial charge is 0.467 e. The van der Waals surface area contributed by atoms with Crippen LogP contribution in [0.25, 0.3) is 0 Å². The van der Waals surface area contributed by atoms with Crippen molar-refractivity contribution in [2.75, 3.05) is 6.61 Å². The van der Waals surface area contributed by atoms with Crippen LogP contribution in [0.15, 0.2) is 42.7 Å². The highest BCUT2D eigenvalue weighted by Crippen LogP contribution is 2.51. The lowest BCUT2D eigenvalue weighted by Crippen LogP contribution is -2.10. The number of hydrogen-bond donors (Lipinski definition) is 0. The van der Waals surface area contributed by atoms with Gasteiger partial charge in [0.2, 0.25) is 6.29 Å². The van der Waals surface area contributed by atoms with Gasteiger partial charge in [0.05, 0.1) is 0 Å². The van der Waals surface area contributed by atoms with Gasteiger partial charge < -0.3 is 9.47 Å². The van der Waals surface area contributed by atoms with E-state index in [1.807, 2.05) is 6.07 Å². The number of hydrogen-bond acceptors (Lipinski definition) is 2. The van der Waals surface area contributed by atoms with Gasteiger partial charge in [0, 0.05) is 5.92 Å². The van der Waals surface area contributed by atoms with Crippen molar-refractivity contribution in [3.8, 4) is 0 Å². The highest BCUT2D eigenvalue weighted by Gasteiger charge is 2.47. The predicted molar refractivity (Wildman–Crippen MR) is 57.3 cm³/mol. The molecule has 1 aromatic rings. The zero-order valence-corrected chi connectivity index (χ0v) is 8.56. The molecule has 0 aromatic heterocycles. The molecule has 2 fully saturated rings. The number of ether oxygens (including phenoxy) is 2. The lowest BCUT2D eigenvalue weighted by Gasteiger charge is -2.08. The van der Waals surface area contributed by atoms with Crippen molar-refractivity contribution < 1.29 is 9.47 Å². The minimum absolute atomic E-state index is 0.0530. The lowest BCUT2D eigenvalue weighted by molar-refractivity contribution is -0.0490. The fourth-order valence-electron chi connectivity index (χ4n) is 2.22. The second-order valence-corrected chi connectivity index (χ2v) is 4.25. The third-order valence-corrected chi connectivity index (χ3v) is 3.11. The molecule has 0 N–H and O–H groups in total. The molecule has 1 saturated carbocycles. The van der Waals surface area contributed by atoms with Gasteiger partial charge >= 0.3 is 0 Å². The highest BCUT2D eigenvalue weighted by atomic mass is 16.7. The van der Waals surface area contributed by atoms with Crippen molar-refractivity contribution in [3.63, 3.8) is 0 Å². The summed E-state index contributed by atoms with van der Waals surface area (Å²) in [6, 6.07) is 10.6. The van der Waals surface area contributed by atoms with E-state index in [1.54, 1.807) is 0 Å². The van der Waals surface area contributed by atoms with Gasteiger partial charge in [-0.2, -0.15) is 0 Å². The first kappa shape index (κ1) is 8.98. The topological polar surface area (TPSA) is 18.5 Å². The van der Waals surface area contributed by atoms with Crippen molar-refractivity contribution in [2.45, 2.75) is 18.6 Å². The van der Waals surface area contributed by atoms with Gasteiger partial charge in [-0.3, -0.25) is 0 Å². The van der Waals surface area contributed by atoms with Crippen LogP contribution < -0.4 is 0 Å². The molecule has 1 saturated heterocycles. The first-order valence-corrected chi connectivity index (χ1v) is 5.35. The molecule has 0 bridgehead atoms. The standard InChI is InChI=1S/C13H14O2/c1-9-8-14-13(15-9)12-7-11(12)10-5-3-2-4-6-10/h2-6,11-13H,1,7-8H2. The fourth-order valence-corrected chi connectivity index (χ4v) is 2.22. The maximum atomic E-state index is 5.52. The van der Waals surface area contributed by atoms with E-state index in [2.05, 4.69) is 30.8 Å². The molecule has 2 aliphatic rings. The van der Waals surface area contributed by atoms with Crippen molar-refractivity contribution in [1.29, 1.82) is 0 Å². The Morgan fingerprint density at radius 3 is 2.67 bits per heavy atom. The van der Waals surface area contributed by atoms with Gasteiger partial charge in [0.15, 0.2) is 0 Å². The Kier molecular flexibility index (Phi) is 2.03. The third kappa shape index (κ3) is 1.65. The van der Waals surface area contributed by atoms with Crippen LogP contribution in [-0.2, 0) is 9.47 Å². The Morgan fingerprint density at radius 1 is 1.20 bits per heavy atom. The maximum Gasteiger partial charge on any atom is 0.203 e. The van der Waals surface area contributed by atoms with Crippen molar-refractivity contribution >= 4 is 0 Å². The summed E-state index contributed by atoms with van der Waals surface area (Å²) in [5.41, 5.74) is 1.40. The van der Waals surface area contributed by atoms with Crippen molar-refractivity contribution in [1.82, 2.24) is 0 Å². The molecule has 1 heterocycles. The van der Waals surface area contributed by atoms with E-state index in [-0.39, 0.29) is 6.29 Å². The summed E-state index contributed by atoms with van der Waals surface area (Å²) in [6.45, 7) is 4.32. The van der Waals surface area contributed by atoms with Crippen LogP contribution in [-0.4, -0.2) is 12.9 Å². The summed E-state index contributed by atoms with van der Waals surface area (Å²) in [7, 11) is 0. The Labute approximate surface area is 89.5 Å². The van der Waals surface area contributed by atoms with Crippen LogP contribution >= 0.6 is 0 Å². The Bertz CT molecular complexity index is 371. The van der Waals surface area contributed by atoms with Gasteiger partial charge in [0.25, 0.3) is 0 Å². The summed E-state index contributed by atoms with van der Waals surface area (Å²) in [6.07, 6.45) is 1.12. The second kappa shape index (κ2) is 3.38.